The predicted octanol–water partition coefficient (Wildman–Crippen LogP) is 5.18. The molecule has 1 heterocycles. The van der Waals surface area contributed by atoms with Gasteiger partial charge in [0.05, 0.1) is 15.6 Å². The van der Waals surface area contributed by atoms with Crippen molar-refractivity contribution in [3.63, 3.8) is 0 Å². The van der Waals surface area contributed by atoms with E-state index in [4.69, 9.17) is 16.3 Å². The van der Waals surface area contributed by atoms with Crippen LogP contribution in [0.25, 0.3) is 0 Å². The minimum absolute atomic E-state index is 0.0935. The molecule has 154 valence electrons. The summed E-state index contributed by atoms with van der Waals surface area (Å²) in [7, 11) is 0. The molecular weight excluding hydrogens is 408 g/mol. The first-order valence-electron chi connectivity index (χ1n) is 9.04. The molecule has 30 heavy (non-hydrogen) atoms. The molecule has 0 spiro atoms. The van der Waals surface area contributed by atoms with Gasteiger partial charge in [-0.15, -0.1) is 0 Å². The van der Waals surface area contributed by atoms with Crippen molar-refractivity contribution < 1.29 is 14.5 Å². The van der Waals surface area contributed by atoms with Gasteiger partial charge in [-0.3, -0.25) is 14.9 Å². The number of ether oxygens (including phenoxy) is 1. The van der Waals surface area contributed by atoms with Gasteiger partial charge in [0.15, 0.2) is 0 Å². The Balaban J connectivity index is 1.58. The molecule has 0 bridgehead atoms. The average Bonchev–Trinajstić information content (AvgIpc) is 2.72. The molecule has 1 atom stereocenters. The summed E-state index contributed by atoms with van der Waals surface area (Å²) in [6.45, 7) is 3.64. The number of carbonyl (C=O) groups is 1. The zero-order valence-corrected chi connectivity index (χ0v) is 17.0. The number of amides is 1. The highest BCUT2D eigenvalue weighted by Gasteiger charge is 2.16. The van der Waals surface area contributed by atoms with E-state index < -0.39 is 11.0 Å². The zero-order valence-electron chi connectivity index (χ0n) is 16.3. The van der Waals surface area contributed by atoms with Crippen LogP contribution in [-0.2, 0) is 4.79 Å². The van der Waals surface area contributed by atoms with E-state index in [2.05, 4.69) is 15.6 Å². The quantitative estimate of drug-likeness (QED) is 0.398. The second-order valence-corrected chi connectivity index (χ2v) is 6.98. The van der Waals surface area contributed by atoms with E-state index in [1.807, 2.05) is 13.0 Å². The van der Waals surface area contributed by atoms with Crippen LogP contribution in [0.5, 0.6) is 11.6 Å². The number of rotatable bonds is 7. The van der Waals surface area contributed by atoms with Crippen molar-refractivity contribution in [1.82, 2.24) is 4.98 Å². The fourth-order valence-electron chi connectivity index (χ4n) is 2.53. The van der Waals surface area contributed by atoms with Gasteiger partial charge >= 0.3 is 0 Å². The largest absolute Gasteiger partial charge is 0.439 e. The summed E-state index contributed by atoms with van der Waals surface area (Å²) in [5.74, 6) is 0.774. The lowest BCUT2D eigenvalue weighted by molar-refractivity contribution is -0.384. The van der Waals surface area contributed by atoms with E-state index in [-0.39, 0.29) is 16.6 Å². The Morgan fingerprint density at radius 1 is 1.17 bits per heavy atom. The van der Waals surface area contributed by atoms with Crippen molar-refractivity contribution in [2.24, 2.45) is 0 Å². The van der Waals surface area contributed by atoms with Gasteiger partial charge < -0.3 is 15.4 Å². The van der Waals surface area contributed by atoms with Crippen molar-refractivity contribution in [3.8, 4) is 11.6 Å². The molecule has 3 rings (SSSR count). The van der Waals surface area contributed by atoms with Crippen LogP contribution in [0.1, 0.15) is 12.5 Å². The minimum Gasteiger partial charge on any atom is -0.439 e. The van der Waals surface area contributed by atoms with Gasteiger partial charge in [-0.2, -0.15) is 0 Å². The highest BCUT2D eigenvalue weighted by Crippen LogP contribution is 2.27. The molecule has 0 saturated carbocycles. The number of carbonyl (C=O) groups excluding carboxylic acids is 1. The van der Waals surface area contributed by atoms with Crippen LogP contribution in [0.2, 0.25) is 5.02 Å². The van der Waals surface area contributed by atoms with Crippen molar-refractivity contribution >= 4 is 34.6 Å². The number of nitro benzene ring substituents is 1. The lowest BCUT2D eigenvalue weighted by Crippen LogP contribution is -2.31. The molecule has 3 aromatic rings. The number of hydrogen-bond acceptors (Lipinski definition) is 6. The standard InChI is InChI=1S/C21H19ClN4O4/c1-13-3-10-20(23-12-13)30-17-7-4-15(5-8-17)24-14(2)21(27)25-19-9-6-16(26(28)29)11-18(19)22/h3-12,14,24H,1-2H3,(H,25,27). The van der Waals surface area contributed by atoms with Crippen LogP contribution >= 0.6 is 11.6 Å². The molecule has 1 aromatic heterocycles. The van der Waals surface area contributed by atoms with E-state index in [9.17, 15) is 14.9 Å². The number of non-ortho nitro benzene ring substituents is 1. The summed E-state index contributed by atoms with van der Waals surface area (Å²) in [4.78, 5) is 26.8. The normalized spacial score (nSPS) is 11.4. The van der Waals surface area contributed by atoms with Crippen LogP contribution in [0.3, 0.4) is 0 Å². The number of pyridine rings is 1. The van der Waals surface area contributed by atoms with Crippen LogP contribution in [0, 0.1) is 17.0 Å². The zero-order chi connectivity index (χ0) is 21.7. The summed E-state index contributed by atoms with van der Waals surface area (Å²) >= 11 is 6.02. The molecule has 0 saturated heterocycles. The van der Waals surface area contributed by atoms with Crippen LogP contribution in [-0.4, -0.2) is 21.9 Å². The third-order valence-corrected chi connectivity index (χ3v) is 4.47. The van der Waals surface area contributed by atoms with Crippen LogP contribution in [0.4, 0.5) is 17.1 Å². The second-order valence-electron chi connectivity index (χ2n) is 6.58. The van der Waals surface area contributed by atoms with Crippen LogP contribution in [0.15, 0.2) is 60.8 Å². The van der Waals surface area contributed by atoms with Crippen molar-refractivity contribution in [2.45, 2.75) is 19.9 Å². The molecule has 2 N–H and O–H groups in total. The molecule has 1 amide bonds. The fourth-order valence-corrected chi connectivity index (χ4v) is 2.75. The number of aryl methyl sites for hydroxylation is 1. The Bertz CT molecular complexity index is 1060. The highest BCUT2D eigenvalue weighted by atomic mass is 35.5. The van der Waals surface area contributed by atoms with E-state index >= 15 is 0 Å². The van der Waals surface area contributed by atoms with E-state index in [0.29, 0.717) is 17.3 Å². The Morgan fingerprint density at radius 3 is 2.50 bits per heavy atom. The summed E-state index contributed by atoms with van der Waals surface area (Å²) in [5.41, 5.74) is 1.92. The van der Waals surface area contributed by atoms with Gasteiger partial charge in [-0.1, -0.05) is 17.7 Å². The fraction of sp³-hybridized carbons (Fsp3) is 0.143. The van der Waals surface area contributed by atoms with Crippen LogP contribution < -0.4 is 15.4 Å². The highest BCUT2D eigenvalue weighted by molar-refractivity contribution is 6.34. The Labute approximate surface area is 178 Å². The molecule has 0 aliphatic rings. The minimum atomic E-state index is -0.582. The predicted molar refractivity (Wildman–Crippen MR) is 115 cm³/mol. The second kappa shape index (κ2) is 9.23. The maximum absolute atomic E-state index is 12.4. The first kappa shape index (κ1) is 21.1. The summed E-state index contributed by atoms with van der Waals surface area (Å²) < 4.78 is 5.68. The maximum Gasteiger partial charge on any atom is 0.271 e. The molecule has 0 fully saturated rings. The molecule has 0 aliphatic carbocycles. The van der Waals surface area contributed by atoms with Crippen molar-refractivity contribution in [2.75, 3.05) is 10.6 Å². The maximum atomic E-state index is 12.4. The topological polar surface area (TPSA) is 106 Å². The van der Waals surface area contributed by atoms with E-state index in [1.165, 1.54) is 18.2 Å². The SMILES string of the molecule is Cc1ccc(Oc2ccc(NC(C)C(=O)Nc3ccc([N+](=O)[O-])cc3Cl)cc2)nc1. The van der Waals surface area contributed by atoms with Gasteiger partial charge in [0.25, 0.3) is 5.69 Å². The van der Waals surface area contributed by atoms with Gasteiger partial charge in [-0.25, -0.2) is 4.98 Å². The molecule has 0 radical (unpaired) electrons. The molecule has 2 aromatic carbocycles. The molecule has 8 nitrogen and oxygen atoms in total. The third kappa shape index (κ3) is 5.45. The summed E-state index contributed by atoms with van der Waals surface area (Å²) in [6, 6.07) is 14.1. The number of benzene rings is 2. The first-order chi connectivity index (χ1) is 14.3. The van der Waals surface area contributed by atoms with Gasteiger partial charge in [0.2, 0.25) is 11.8 Å². The summed E-state index contributed by atoms with van der Waals surface area (Å²) in [5, 5.41) is 16.6. The monoisotopic (exact) mass is 426 g/mol. The number of halogens is 1. The molecule has 1 unspecified atom stereocenters. The molecular formula is C21H19ClN4O4. The van der Waals surface area contributed by atoms with Gasteiger partial charge in [0, 0.05) is 30.1 Å². The number of nitro groups is 1. The number of anilines is 2. The van der Waals surface area contributed by atoms with Crippen molar-refractivity contribution in [3.05, 3.63) is 81.5 Å². The van der Waals surface area contributed by atoms with Gasteiger partial charge in [-0.05, 0) is 49.7 Å². The van der Waals surface area contributed by atoms with Gasteiger partial charge in [0.1, 0.15) is 11.8 Å². The Kier molecular flexibility index (Phi) is 6.48. The number of hydrogen-bond donors (Lipinski definition) is 2. The first-order valence-corrected chi connectivity index (χ1v) is 9.41. The Morgan fingerprint density at radius 2 is 1.90 bits per heavy atom. The molecule has 0 aliphatic heterocycles. The number of aromatic nitrogens is 1. The number of nitrogens with zero attached hydrogens (tertiary/aromatic N) is 2. The van der Waals surface area contributed by atoms with Crippen molar-refractivity contribution in [1.29, 1.82) is 0 Å². The average molecular weight is 427 g/mol. The smallest absolute Gasteiger partial charge is 0.271 e. The van der Waals surface area contributed by atoms with E-state index in [0.717, 1.165) is 11.3 Å². The third-order valence-electron chi connectivity index (χ3n) is 4.16. The lowest BCUT2D eigenvalue weighted by Gasteiger charge is -2.16. The lowest BCUT2D eigenvalue weighted by atomic mass is 10.2. The van der Waals surface area contributed by atoms with E-state index in [1.54, 1.807) is 43.5 Å². The number of nitrogens with one attached hydrogen (secondary N) is 2. The summed E-state index contributed by atoms with van der Waals surface area (Å²) in [6.07, 6.45) is 1.72. The molecule has 9 heteroatoms. The Hall–Kier alpha value is -3.65.